The van der Waals surface area contributed by atoms with E-state index >= 15 is 0 Å². The molecular weight excluding hydrogens is 266 g/mol. The zero-order valence-corrected chi connectivity index (χ0v) is 12.4. The number of ether oxygens (including phenoxy) is 1. The van der Waals surface area contributed by atoms with Gasteiger partial charge in [-0.05, 0) is 35.2 Å². The van der Waals surface area contributed by atoms with E-state index in [0.717, 1.165) is 18.1 Å². The van der Waals surface area contributed by atoms with E-state index in [4.69, 9.17) is 10.5 Å². The van der Waals surface area contributed by atoms with Crippen molar-refractivity contribution in [2.24, 2.45) is 5.73 Å². The molecule has 2 aromatic rings. The molecule has 0 spiro atoms. The van der Waals surface area contributed by atoms with Gasteiger partial charge in [-0.25, -0.2) is 0 Å². The first kappa shape index (κ1) is 13.9. The second-order valence-corrected chi connectivity index (χ2v) is 6.46. The lowest BCUT2D eigenvalue weighted by Gasteiger charge is -2.14. The summed E-state index contributed by atoms with van der Waals surface area (Å²) < 4.78 is 5.64. The molecule has 2 atom stereocenters. The molecule has 20 heavy (non-hydrogen) atoms. The van der Waals surface area contributed by atoms with Crippen LogP contribution < -0.4 is 5.73 Å². The summed E-state index contributed by atoms with van der Waals surface area (Å²) in [5, 5.41) is 2.54. The van der Waals surface area contributed by atoms with Crippen LogP contribution in [0.15, 0.2) is 42.5 Å². The van der Waals surface area contributed by atoms with Crippen LogP contribution in [0.25, 0.3) is 10.8 Å². The van der Waals surface area contributed by atoms with Crippen molar-refractivity contribution in [1.82, 2.24) is 0 Å². The van der Waals surface area contributed by atoms with Gasteiger partial charge < -0.3 is 10.5 Å². The van der Waals surface area contributed by atoms with E-state index in [1.165, 1.54) is 29.2 Å². The molecule has 2 unspecified atom stereocenters. The van der Waals surface area contributed by atoms with Crippen LogP contribution in [0.5, 0.6) is 0 Å². The van der Waals surface area contributed by atoms with Crippen LogP contribution in [0.4, 0.5) is 0 Å². The zero-order valence-electron chi connectivity index (χ0n) is 11.6. The molecular formula is C17H21NOS. The molecule has 3 heteroatoms. The molecule has 0 bridgehead atoms. The van der Waals surface area contributed by atoms with Crippen molar-refractivity contribution in [3.8, 4) is 0 Å². The molecule has 2 nitrogen and oxygen atoms in total. The maximum Gasteiger partial charge on any atom is 0.0666 e. The first-order valence-electron chi connectivity index (χ1n) is 7.26. The molecule has 1 fully saturated rings. The highest BCUT2D eigenvalue weighted by Gasteiger charge is 2.16. The fourth-order valence-electron chi connectivity index (χ4n) is 2.64. The molecule has 3 rings (SSSR count). The number of benzene rings is 2. The molecule has 0 amide bonds. The highest BCUT2D eigenvalue weighted by Crippen LogP contribution is 2.23. The number of hydrogen-bond donors (Lipinski definition) is 1. The standard InChI is InChI=1S/C17H21NOS/c18-17(12-20-11-16-6-3-9-19-16)15-8-7-13-4-1-2-5-14(13)10-15/h1-2,4-5,7-8,10,16-17H,3,6,9,11-12,18H2. The fourth-order valence-corrected chi connectivity index (χ4v) is 3.75. The van der Waals surface area contributed by atoms with Gasteiger partial charge in [-0.2, -0.15) is 11.8 Å². The molecule has 2 aromatic carbocycles. The van der Waals surface area contributed by atoms with Gasteiger partial charge in [0.15, 0.2) is 0 Å². The average molecular weight is 287 g/mol. The third kappa shape index (κ3) is 3.35. The molecule has 106 valence electrons. The summed E-state index contributed by atoms with van der Waals surface area (Å²) in [5.74, 6) is 2.03. The van der Waals surface area contributed by atoms with Gasteiger partial charge in [0.05, 0.1) is 6.10 Å². The van der Waals surface area contributed by atoms with Gasteiger partial charge >= 0.3 is 0 Å². The van der Waals surface area contributed by atoms with Crippen LogP contribution in [0, 0.1) is 0 Å². The summed E-state index contributed by atoms with van der Waals surface area (Å²) in [4.78, 5) is 0. The zero-order chi connectivity index (χ0) is 13.8. The molecule has 0 aliphatic carbocycles. The Kier molecular flexibility index (Phi) is 4.61. The molecule has 1 aliphatic heterocycles. The summed E-state index contributed by atoms with van der Waals surface area (Å²) in [7, 11) is 0. The SMILES string of the molecule is NC(CSCC1CCCO1)c1ccc2ccccc2c1. The van der Waals surface area contributed by atoms with E-state index in [9.17, 15) is 0 Å². The maximum absolute atomic E-state index is 6.31. The van der Waals surface area contributed by atoms with Crippen LogP contribution >= 0.6 is 11.8 Å². The van der Waals surface area contributed by atoms with Crippen molar-refractivity contribution in [1.29, 1.82) is 0 Å². The lowest BCUT2D eigenvalue weighted by molar-refractivity contribution is 0.129. The molecule has 0 saturated carbocycles. The van der Waals surface area contributed by atoms with Crippen molar-refractivity contribution in [2.75, 3.05) is 18.1 Å². The first-order valence-corrected chi connectivity index (χ1v) is 8.42. The third-order valence-electron chi connectivity index (χ3n) is 3.83. The first-order chi connectivity index (χ1) is 9.83. The molecule has 1 aliphatic rings. The van der Waals surface area contributed by atoms with Gasteiger partial charge in [0.2, 0.25) is 0 Å². The summed E-state index contributed by atoms with van der Waals surface area (Å²) in [5.41, 5.74) is 7.53. The topological polar surface area (TPSA) is 35.2 Å². The van der Waals surface area contributed by atoms with Crippen LogP contribution in [-0.4, -0.2) is 24.2 Å². The van der Waals surface area contributed by atoms with Crippen LogP contribution in [0.1, 0.15) is 24.4 Å². The molecule has 2 N–H and O–H groups in total. The van der Waals surface area contributed by atoms with Crippen LogP contribution in [0.2, 0.25) is 0 Å². The van der Waals surface area contributed by atoms with Gasteiger partial charge in [-0.1, -0.05) is 36.4 Å². The number of thioether (sulfide) groups is 1. The smallest absolute Gasteiger partial charge is 0.0666 e. The van der Waals surface area contributed by atoms with E-state index in [1.807, 2.05) is 11.8 Å². The van der Waals surface area contributed by atoms with Crippen molar-refractivity contribution in [3.05, 3.63) is 48.0 Å². The summed E-state index contributed by atoms with van der Waals surface area (Å²) >= 11 is 1.91. The Morgan fingerprint density at radius 3 is 2.85 bits per heavy atom. The lowest BCUT2D eigenvalue weighted by Crippen LogP contribution is -2.15. The monoisotopic (exact) mass is 287 g/mol. The number of fused-ring (bicyclic) bond motifs is 1. The Morgan fingerprint density at radius 1 is 1.20 bits per heavy atom. The predicted octanol–water partition coefficient (Wildman–Crippen LogP) is 3.75. The second kappa shape index (κ2) is 6.61. The minimum absolute atomic E-state index is 0.103. The van der Waals surface area contributed by atoms with E-state index in [2.05, 4.69) is 42.5 Å². The van der Waals surface area contributed by atoms with E-state index < -0.39 is 0 Å². The number of nitrogens with two attached hydrogens (primary N) is 1. The minimum Gasteiger partial charge on any atom is -0.377 e. The van der Waals surface area contributed by atoms with Crippen molar-refractivity contribution >= 4 is 22.5 Å². The van der Waals surface area contributed by atoms with Gasteiger partial charge in [-0.15, -0.1) is 0 Å². The highest BCUT2D eigenvalue weighted by atomic mass is 32.2. The van der Waals surface area contributed by atoms with Crippen molar-refractivity contribution in [3.63, 3.8) is 0 Å². The Labute approximate surface area is 124 Å². The normalized spacial score (nSPS) is 20.4. The van der Waals surface area contributed by atoms with E-state index in [-0.39, 0.29) is 6.04 Å². The number of rotatable bonds is 5. The largest absolute Gasteiger partial charge is 0.377 e. The Morgan fingerprint density at radius 2 is 2.05 bits per heavy atom. The van der Waals surface area contributed by atoms with Crippen LogP contribution in [-0.2, 0) is 4.74 Å². The highest BCUT2D eigenvalue weighted by molar-refractivity contribution is 7.99. The fraction of sp³-hybridized carbons (Fsp3) is 0.412. The molecule has 0 radical (unpaired) electrons. The second-order valence-electron chi connectivity index (χ2n) is 5.39. The molecule has 1 heterocycles. The van der Waals surface area contributed by atoms with Gasteiger partial charge in [0.25, 0.3) is 0 Å². The molecule has 1 saturated heterocycles. The third-order valence-corrected chi connectivity index (χ3v) is 5.03. The van der Waals surface area contributed by atoms with Crippen molar-refractivity contribution < 1.29 is 4.74 Å². The van der Waals surface area contributed by atoms with Crippen LogP contribution in [0.3, 0.4) is 0 Å². The summed E-state index contributed by atoms with van der Waals surface area (Å²) in [6.45, 7) is 0.932. The van der Waals surface area contributed by atoms with E-state index in [1.54, 1.807) is 0 Å². The minimum atomic E-state index is 0.103. The van der Waals surface area contributed by atoms with Gasteiger partial charge in [-0.3, -0.25) is 0 Å². The Hall–Kier alpha value is -1.03. The Bertz CT molecular complexity index is 566. The summed E-state index contributed by atoms with van der Waals surface area (Å²) in [6, 6.07) is 15.1. The average Bonchev–Trinajstić information content (AvgIpc) is 3.00. The lowest BCUT2D eigenvalue weighted by atomic mass is 10.0. The van der Waals surface area contributed by atoms with E-state index in [0.29, 0.717) is 6.10 Å². The Balaban J connectivity index is 1.58. The summed E-state index contributed by atoms with van der Waals surface area (Å²) in [6.07, 6.45) is 2.86. The quantitative estimate of drug-likeness (QED) is 0.909. The van der Waals surface area contributed by atoms with Crippen molar-refractivity contribution in [2.45, 2.75) is 25.0 Å². The molecule has 0 aromatic heterocycles. The van der Waals surface area contributed by atoms with Gasteiger partial charge in [0, 0.05) is 24.2 Å². The number of hydrogen-bond acceptors (Lipinski definition) is 3. The predicted molar refractivity (Wildman–Crippen MR) is 87.2 cm³/mol. The van der Waals surface area contributed by atoms with Gasteiger partial charge in [0.1, 0.15) is 0 Å². The maximum atomic E-state index is 6.31.